The number of nitrogen functional groups attached to an aromatic ring is 1. The third kappa shape index (κ3) is 3.13. The van der Waals surface area contributed by atoms with Gasteiger partial charge in [0.25, 0.3) is 5.91 Å². The molecule has 0 unspecified atom stereocenters. The van der Waals surface area contributed by atoms with Crippen molar-refractivity contribution in [2.24, 2.45) is 0 Å². The van der Waals surface area contributed by atoms with Gasteiger partial charge in [-0.05, 0) is 58.7 Å². The van der Waals surface area contributed by atoms with Crippen LogP contribution in [0, 0.1) is 6.92 Å². The molecule has 0 saturated heterocycles. The highest BCUT2D eigenvalue weighted by Gasteiger charge is 2.12. The van der Waals surface area contributed by atoms with Gasteiger partial charge in [0, 0.05) is 14.5 Å². The van der Waals surface area contributed by atoms with E-state index >= 15 is 0 Å². The maximum absolute atomic E-state index is 12.2. The van der Waals surface area contributed by atoms with Crippen molar-refractivity contribution in [2.45, 2.75) is 6.92 Å². The molecule has 0 radical (unpaired) electrons. The Labute approximate surface area is 133 Å². The molecule has 0 spiro atoms. The molecule has 0 bridgehead atoms. The van der Waals surface area contributed by atoms with E-state index in [1.54, 1.807) is 31.2 Å². The molecule has 0 aromatic heterocycles. The molecule has 0 atom stereocenters. The van der Waals surface area contributed by atoms with E-state index in [1.165, 1.54) is 6.07 Å². The Kier molecular flexibility index (Phi) is 4.35. The number of phenols is 1. The molecular weight excluding hydrogens is 388 g/mol. The topological polar surface area (TPSA) is 75.4 Å². The highest BCUT2D eigenvalue weighted by molar-refractivity contribution is 9.11. The second-order valence-corrected chi connectivity index (χ2v) is 6.08. The van der Waals surface area contributed by atoms with Crippen molar-refractivity contribution in [1.29, 1.82) is 0 Å². The lowest BCUT2D eigenvalue weighted by molar-refractivity contribution is 0.102. The molecule has 4 N–H and O–H groups in total. The van der Waals surface area contributed by atoms with E-state index in [0.29, 0.717) is 27.0 Å². The van der Waals surface area contributed by atoms with Crippen LogP contribution in [0.15, 0.2) is 39.3 Å². The van der Waals surface area contributed by atoms with E-state index in [9.17, 15) is 9.90 Å². The fraction of sp³-hybridized carbons (Fsp3) is 0.0714. The molecule has 20 heavy (non-hydrogen) atoms. The first-order valence-electron chi connectivity index (χ1n) is 5.74. The number of anilines is 2. The predicted octanol–water partition coefficient (Wildman–Crippen LogP) is 4.06. The Morgan fingerprint density at radius 2 is 1.95 bits per heavy atom. The monoisotopic (exact) mass is 398 g/mol. The average Bonchev–Trinajstić information content (AvgIpc) is 2.36. The number of hydrogen-bond acceptors (Lipinski definition) is 3. The highest BCUT2D eigenvalue weighted by atomic mass is 79.9. The summed E-state index contributed by atoms with van der Waals surface area (Å²) in [6.07, 6.45) is 0. The standard InChI is InChI=1S/C14H12Br2N2O2/c1-7-4-8(2-3-12(7)19)14(20)18-13-10(16)5-9(15)6-11(13)17/h2-6,19H,17H2,1H3,(H,18,20). The highest BCUT2D eigenvalue weighted by Crippen LogP contribution is 2.33. The number of carbonyl (C=O) groups is 1. The van der Waals surface area contributed by atoms with Gasteiger partial charge in [0.15, 0.2) is 0 Å². The van der Waals surface area contributed by atoms with Gasteiger partial charge < -0.3 is 16.2 Å². The number of hydrogen-bond donors (Lipinski definition) is 3. The number of nitrogens with one attached hydrogen (secondary N) is 1. The second kappa shape index (κ2) is 5.85. The van der Waals surface area contributed by atoms with Gasteiger partial charge in [0.1, 0.15) is 5.75 Å². The summed E-state index contributed by atoms with van der Waals surface area (Å²) in [7, 11) is 0. The van der Waals surface area contributed by atoms with E-state index in [4.69, 9.17) is 5.73 Å². The number of halogens is 2. The van der Waals surface area contributed by atoms with Gasteiger partial charge in [-0.2, -0.15) is 0 Å². The van der Waals surface area contributed by atoms with E-state index in [0.717, 1.165) is 4.47 Å². The van der Waals surface area contributed by atoms with E-state index in [2.05, 4.69) is 37.2 Å². The first kappa shape index (κ1) is 14.9. The van der Waals surface area contributed by atoms with Crippen molar-refractivity contribution in [3.05, 3.63) is 50.4 Å². The van der Waals surface area contributed by atoms with Crippen LogP contribution in [0.1, 0.15) is 15.9 Å². The van der Waals surface area contributed by atoms with Gasteiger partial charge in [0.05, 0.1) is 11.4 Å². The van der Waals surface area contributed by atoms with Crippen LogP contribution in [0.3, 0.4) is 0 Å². The van der Waals surface area contributed by atoms with Crippen molar-refractivity contribution < 1.29 is 9.90 Å². The zero-order valence-electron chi connectivity index (χ0n) is 10.6. The molecule has 0 saturated carbocycles. The molecule has 2 rings (SSSR count). The molecular formula is C14H12Br2N2O2. The van der Waals surface area contributed by atoms with Gasteiger partial charge in [-0.15, -0.1) is 0 Å². The molecule has 0 heterocycles. The number of benzene rings is 2. The van der Waals surface area contributed by atoms with Crippen molar-refractivity contribution >= 4 is 49.1 Å². The fourth-order valence-electron chi connectivity index (χ4n) is 1.71. The van der Waals surface area contributed by atoms with Crippen LogP contribution in [0.2, 0.25) is 0 Å². The van der Waals surface area contributed by atoms with Crippen LogP contribution < -0.4 is 11.1 Å². The summed E-state index contributed by atoms with van der Waals surface area (Å²) in [6.45, 7) is 1.73. The van der Waals surface area contributed by atoms with Crippen LogP contribution in [-0.4, -0.2) is 11.0 Å². The fourth-order valence-corrected chi connectivity index (χ4v) is 3.07. The van der Waals surface area contributed by atoms with Crippen molar-refractivity contribution in [2.75, 3.05) is 11.1 Å². The zero-order chi connectivity index (χ0) is 14.9. The minimum Gasteiger partial charge on any atom is -0.508 e. The van der Waals surface area contributed by atoms with E-state index in [-0.39, 0.29) is 11.7 Å². The lowest BCUT2D eigenvalue weighted by atomic mass is 10.1. The molecule has 1 amide bonds. The molecule has 0 aliphatic heterocycles. The van der Waals surface area contributed by atoms with Gasteiger partial charge in [-0.1, -0.05) is 15.9 Å². The van der Waals surface area contributed by atoms with Crippen LogP contribution in [0.5, 0.6) is 5.75 Å². The SMILES string of the molecule is Cc1cc(C(=O)Nc2c(N)cc(Br)cc2Br)ccc1O. The molecule has 0 aliphatic carbocycles. The largest absolute Gasteiger partial charge is 0.508 e. The van der Waals surface area contributed by atoms with Gasteiger partial charge >= 0.3 is 0 Å². The second-order valence-electron chi connectivity index (χ2n) is 4.31. The first-order chi connectivity index (χ1) is 9.38. The maximum atomic E-state index is 12.2. The van der Waals surface area contributed by atoms with Crippen LogP contribution in [0.25, 0.3) is 0 Å². The third-order valence-corrected chi connectivity index (χ3v) is 3.87. The number of aryl methyl sites for hydroxylation is 1. The van der Waals surface area contributed by atoms with Gasteiger partial charge in [0.2, 0.25) is 0 Å². The summed E-state index contributed by atoms with van der Waals surface area (Å²) >= 11 is 6.69. The first-order valence-corrected chi connectivity index (χ1v) is 7.32. The minimum atomic E-state index is -0.289. The van der Waals surface area contributed by atoms with Gasteiger partial charge in [-0.25, -0.2) is 0 Å². The number of aromatic hydroxyl groups is 1. The molecule has 4 nitrogen and oxygen atoms in total. The number of phenolic OH excluding ortho intramolecular Hbond substituents is 1. The molecule has 2 aromatic rings. The average molecular weight is 400 g/mol. The predicted molar refractivity (Wildman–Crippen MR) is 87.1 cm³/mol. The van der Waals surface area contributed by atoms with Gasteiger partial charge in [-0.3, -0.25) is 4.79 Å². The summed E-state index contributed by atoms with van der Waals surface area (Å²) in [4.78, 5) is 12.2. The number of nitrogens with two attached hydrogens (primary N) is 1. The number of amides is 1. The van der Waals surface area contributed by atoms with E-state index < -0.39 is 0 Å². The number of carbonyl (C=O) groups excluding carboxylic acids is 1. The lowest BCUT2D eigenvalue weighted by Crippen LogP contribution is -2.13. The molecule has 6 heteroatoms. The Morgan fingerprint density at radius 1 is 1.25 bits per heavy atom. The minimum absolute atomic E-state index is 0.158. The summed E-state index contributed by atoms with van der Waals surface area (Å²) in [6, 6.07) is 8.18. The Bertz CT molecular complexity index is 664. The Morgan fingerprint density at radius 3 is 2.55 bits per heavy atom. The van der Waals surface area contributed by atoms with Crippen LogP contribution in [0.4, 0.5) is 11.4 Å². The Hall–Kier alpha value is -1.53. The van der Waals surface area contributed by atoms with Crippen molar-refractivity contribution in [3.63, 3.8) is 0 Å². The van der Waals surface area contributed by atoms with Crippen LogP contribution >= 0.6 is 31.9 Å². The smallest absolute Gasteiger partial charge is 0.255 e. The normalized spacial score (nSPS) is 10.3. The third-order valence-electron chi connectivity index (χ3n) is 2.78. The quantitative estimate of drug-likeness (QED) is 0.666. The number of rotatable bonds is 2. The molecule has 0 aliphatic rings. The Balaban J connectivity index is 2.30. The summed E-state index contributed by atoms with van der Waals surface area (Å²) in [5.74, 6) is -0.131. The van der Waals surface area contributed by atoms with Crippen molar-refractivity contribution in [1.82, 2.24) is 0 Å². The maximum Gasteiger partial charge on any atom is 0.255 e. The molecule has 104 valence electrons. The lowest BCUT2D eigenvalue weighted by Gasteiger charge is -2.11. The summed E-state index contributed by atoms with van der Waals surface area (Å²) in [5, 5.41) is 12.2. The summed E-state index contributed by atoms with van der Waals surface area (Å²) in [5.41, 5.74) is 7.95. The molecule has 0 fully saturated rings. The van der Waals surface area contributed by atoms with E-state index in [1.807, 2.05) is 0 Å². The van der Waals surface area contributed by atoms with Crippen LogP contribution in [-0.2, 0) is 0 Å². The summed E-state index contributed by atoms with van der Waals surface area (Å²) < 4.78 is 1.51. The van der Waals surface area contributed by atoms with Crippen molar-refractivity contribution in [3.8, 4) is 5.75 Å². The zero-order valence-corrected chi connectivity index (χ0v) is 13.7. The molecule has 2 aromatic carbocycles.